The van der Waals surface area contributed by atoms with Crippen molar-refractivity contribution >= 4 is 23.6 Å². The summed E-state index contributed by atoms with van der Waals surface area (Å²) in [4.78, 5) is 41.2. The maximum atomic E-state index is 12.9. The summed E-state index contributed by atoms with van der Waals surface area (Å²) in [5.41, 5.74) is 1.31. The normalized spacial score (nSPS) is 15.4. The molecule has 2 rings (SSSR count). The fourth-order valence-corrected chi connectivity index (χ4v) is 3.40. The zero-order valence-corrected chi connectivity index (χ0v) is 19.8. The highest BCUT2D eigenvalue weighted by Crippen LogP contribution is 2.18. The summed E-state index contributed by atoms with van der Waals surface area (Å²) in [5.74, 6) is -0.238. The number of alkyl carbamates (subject to hydrolysis) is 1. The van der Waals surface area contributed by atoms with Gasteiger partial charge in [0.1, 0.15) is 11.1 Å². The Labute approximate surface area is 185 Å². The minimum absolute atomic E-state index is 0.0691. The molecule has 1 aliphatic rings. The standard InChI is InChI=1S/C23H36N4O4/c1-16-9-8-10-18(17(16)2)24-19(28)15-26-11-13-27(14-12-26)20(29)23(6,7)25-21(30)31-22(3,4)5/h8-10H,11-15H2,1-7H3,(H,24,28)(H,25,30). The summed E-state index contributed by atoms with van der Waals surface area (Å²) in [7, 11) is 0. The molecule has 0 atom stereocenters. The summed E-state index contributed by atoms with van der Waals surface area (Å²) in [5, 5.41) is 5.63. The molecule has 0 spiro atoms. The van der Waals surface area contributed by atoms with E-state index in [0.29, 0.717) is 26.2 Å². The largest absolute Gasteiger partial charge is 0.444 e. The van der Waals surface area contributed by atoms with E-state index in [1.165, 1.54) is 0 Å². The second-order valence-corrected chi connectivity index (χ2v) is 9.62. The Balaban J connectivity index is 1.84. The van der Waals surface area contributed by atoms with Crippen molar-refractivity contribution in [3.63, 3.8) is 0 Å². The lowest BCUT2D eigenvalue weighted by molar-refractivity contribution is -0.139. The number of carbonyl (C=O) groups excluding carboxylic acids is 3. The monoisotopic (exact) mass is 432 g/mol. The maximum Gasteiger partial charge on any atom is 0.408 e. The molecular formula is C23H36N4O4. The molecule has 0 aromatic heterocycles. The van der Waals surface area contributed by atoms with Gasteiger partial charge in [-0.1, -0.05) is 12.1 Å². The molecule has 1 aliphatic heterocycles. The van der Waals surface area contributed by atoms with Gasteiger partial charge in [0.05, 0.1) is 6.54 Å². The zero-order chi connectivity index (χ0) is 23.4. The zero-order valence-electron chi connectivity index (χ0n) is 19.8. The van der Waals surface area contributed by atoms with Gasteiger partial charge in [-0.3, -0.25) is 14.5 Å². The van der Waals surface area contributed by atoms with Gasteiger partial charge in [0.15, 0.2) is 0 Å². The molecule has 1 saturated heterocycles. The van der Waals surface area contributed by atoms with E-state index in [1.807, 2.05) is 36.9 Å². The van der Waals surface area contributed by atoms with E-state index in [4.69, 9.17) is 4.74 Å². The number of ether oxygens (including phenoxy) is 1. The summed E-state index contributed by atoms with van der Waals surface area (Å²) >= 11 is 0. The Hall–Kier alpha value is -2.61. The van der Waals surface area contributed by atoms with Crippen LogP contribution in [0.4, 0.5) is 10.5 Å². The van der Waals surface area contributed by atoms with Crippen LogP contribution in [0.2, 0.25) is 0 Å². The predicted octanol–water partition coefficient (Wildman–Crippen LogP) is 2.69. The number of piperazine rings is 1. The highest BCUT2D eigenvalue weighted by atomic mass is 16.6. The first-order valence-corrected chi connectivity index (χ1v) is 10.7. The van der Waals surface area contributed by atoms with E-state index >= 15 is 0 Å². The third-order valence-corrected chi connectivity index (χ3v) is 5.25. The Bertz CT molecular complexity index is 821. The van der Waals surface area contributed by atoms with Gasteiger partial charge in [-0.2, -0.15) is 0 Å². The average molecular weight is 433 g/mol. The fraction of sp³-hybridized carbons (Fsp3) is 0.609. The smallest absolute Gasteiger partial charge is 0.408 e. The van der Waals surface area contributed by atoms with Crippen molar-refractivity contribution < 1.29 is 19.1 Å². The Kier molecular flexibility index (Phi) is 7.70. The molecule has 1 aromatic rings. The fourth-order valence-electron chi connectivity index (χ4n) is 3.40. The number of aryl methyl sites for hydroxylation is 1. The Morgan fingerprint density at radius 3 is 2.19 bits per heavy atom. The van der Waals surface area contributed by atoms with Gasteiger partial charge in [0, 0.05) is 31.9 Å². The lowest BCUT2D eigenvalue weighted by Gasteiger charge is -2.38. The molecule has 31 heavy (non-hydrogen) atoms. The molecule has 0 saturated carbocycles. The number of carbonyl (C=O) groups is 3. The average Bonchev–Trinajstić information content (AvgIpc) is 2.63. The van der Waals surface area contributed by atoms with E-state index in [-0.39, 0.29) is 18.4 Å². The SMILES string of the molecule is Cc1cccc(NC(=O)CN2CCN(C(=O)C(C)(C)NC(=O)OC(C)(C)C)CC2)c1C. The van der Waals surface area contributed by atoms with E-state index in [2.05, 4.69) is 10.6 Å². The van der Waals surface area contributed by atoms with Crippen molar-refractivity contribution in [1.82, 2.24) is 15.1 Å². The number of hydrogen-bond acceptors (Lipinski definition) is 5. The van der Waals surface area contributed by atoms with Gasteiger partial charge in [0.2, 0.25) is 11.8 Å². The number of amides is 3. The van der Waals surface area contributed by atoms with E-state index < -0.39 is 17.2 Å². The van der Waals surface area contributed by atoms with Gasteiger partial charge in [-0.25, -0.2) is 4.79 Å². The van der Waals surface area contributed by atoms with Gasteiger partial charge in [-0.15, -0.1) is 0 Å². The highest BCUT2D eigenvalue weighted by molar-refractivity contribution is 5.93. The van der Waals surface area contributed by atoms with Crippen LogP contribution in [0.15, 0.2) is 18.2 Å². The number of nitrogens with one attached hydrogen (secondary N) is 2. The van der Waals surface area contributed by atoms with Gasteiger partial charge in [0.25, 0.3) is 0 Å². The van der Waals surface area contributed by atoms with Crippen LogP contribution in [0.25, 0.3) is 0 Å². The minimum Gasteiger partial charge on any atom is -0.444 e. The summed E-state index contributed by atoms with van der Waals surface area (Å²) < 4.78 is 5.26. The molecule has 0 radical (unpaired) electrons. The summed E-state index contributed by atoms with van der Waals surface area (Å²) in [6.07, 6.45) is -0.618. The third-order valence-electron chi connectivity index (χ3n) is 5.25. The lowest BCUT2D eigenvalue weighted by atomic mass is 10.0. The van der Waals surface area contributed by atoms with E-state index in [9.17, 15) is 14.4 Å². The Morgan fingerprint density at radius 1 is 1.00 bits per heavy atom. The van der Waals surface area contributed by atoms with Crippen LogP contribution in [-0.4, -0.2) is 71.6 Å². The molecule has 172 valence electrons. The number of anilines is 1. The predicted molar refractivity (Wildman–Crippen MR) is 121 cm³/mol. The van der Waals surface area contributed by atoms with Crippen LogP contribution in [0.1, 0.15) is 45.7 Å². The van der Waals surface area contributed by atoms with Crippen LogP contribution in [0.5, 0.6) is 0 Å². The quantitative estimate of drug-likeness (QED) is 0.747. The van der Waals surface area contributed by atoms with Crippen molar-refractivity contribution in [2.45, 2.75) is 59.6 Å². The number of hydrogen-bond donors (Lipinski definition) is 2. The van der Waals surface area contributed by atoms with Crippen molar-refractivity contribution in [3.8, 4) is 0 Å². The molecule has 8 heteroatoms. The number of rotatable bonds is 5. The number of benzene rings is 1. The lowest BCUT2D eigenvalue weighted by Crippen LogP contribution is -2.60. The second kappa shape index (κ2) is 9.68. The molecule has 3 amide bonds. The van der Waals surface area contributed by atoms with Crippen molar-refractivity contribution in [1.29, 1.82) is 0 Å². The molecular weight excluding hydrogens is 396 g/mol. The van der Waals surface area contributed by atoms with Gasteiger partial charge < -0.3 is 20.3 Å². The maximum absolute atomic E-state index is 12.9. The first-order valence-electron chi connectivity index (χ1n) is 10.7. The van der Waals surface area contributed by atoms with Crippen molar-refractivity contribution in [3.05, 3.63) is 29.3 Å². The molecule has 1 aromatic carbocycles. The molecule has 8 nitrogen and oxygen atoms in total. The van der Waals surface area contributed by atoms with E-state index in [0.717, 1.165) is 16.8 Å². The van der Waals surface area contributed by atoms with Gasteiger partial charge in [-0.05, 0) is 65.7 Å². The summed E-state index contributed by atoms with van der Waals surface area (Å²) in [6.45, 7) is 15.1. The van der Waals surface area contributed by atoms with Crippen LogP contribution in [0, 0.1) is 13.8 Å². The van der Waals surface area contributed by atoms with Crippen LogP contribution < -0.4 is 10.6 Å². The summed E-state index contributed by atoms with van der Waals surface area (Å²) in [6, 6.07) is 5.84. The van der Waals surface area contributed by atoms with Crippen LogP contribution >= 0.6 is 0 Å². The van der Waals surface area contributed by atoms with Gasteiger partial charge >= 0.3 is 6.09 Å². The molecule has 0 bridgehead atoms. The number of nitrogens with zero attached hydrogens (tertiary/aromatic N) is 2. The highest BCUT2D eigenvalue weighted by Gasteiger charge is 2.36. The molecule has 2 N–H and O–H groups in total. The van der Waals surface area contributed by atoms with Crippen LogP contribution in [-0.2, 0) is 14.3 Å². The molecule has 1 fully saturated rings. The first kappa shape index (κ1) is 24.7. The second-order valence-electron chi connectivity index (χ2n) is 9.62. The molecule has 1 heterocycles. The van der Waals surface area contributed by atoms with Crippen LogP contribution in [0.3, 0.4) is 0 Å². The van der Waals surface area contributed by atoms with Crippen molar-refractivity contribution in [2.75, 3.05) is 38.0 Å². The third kappa shape index (κ3) is 7.24. The van der Waals surface area contributed by atoms with E-state index in [1.54, 1.807) is 39.5 Å². The first-order chi connectivity index (χ1) is 14.3. The minimum atomic E-state index is -1.08. The molecule has 0 aliphatic carbocycles. The molecule has 0 unspecified atom stereocenters. The Morgan fingerprint density at radius 2 is 1.61 bits per heavy atom. The topological polar surface area (TPSA) is 91.0 Å². The van der Waals surface area contributed by atoms with Crippen molar-refractivity contribution in [2.24, 2.45) is 0 Å².